The first-order valence-corrected chi connectivity index (χ1v) is 8.08. The summed E-state index contributed by atoms with van der Waals surface area (Å²) in [6.45, 7) is 8.39. The normalized spacial score (nSPS) is 27.6. The number of piperidine rings is 3. The van der Waals surface area contributed by atoms with Crippen LogP contribution in [-0.4, -0.2) is 31.6 Å². The summed E-state index contributed by atoms with van der Waals surface area (Å²) in [7, 11) is 1.59. The molecule has 0 aliphatic carbocycles. The van der Waals surface area contributed by atoms with Crippen LogP contribution in [0.1, 0.15) is 32.3 Å². The Morgan fingerprint density at radius 3 is 2.45 bits per heavy atom. The van der Waals surface area contributed by atoms with Crippen LogP contribution in [0.3, 0.4) is 0 Å². The number of allylic oxidation sites excluding steroid dienone is 1. The average Bonchev–Trinajstić information content (AvgIpc) is 2.54. The first kappa shape index (κ1) is 16.8. The molecule has 0 unspecified atom stereocenters. The number of hydrogen-bond acceptors (Lipinski definition) is 3. The van der Waals surface area contributed by atoms with Gasteiger partial charge in [-0.15, -0.1) is 0 Å². The van der Waals surface area contributed by atoms with Gasteiger partial charge in [-0.25, -0.2) is 4.39 Å². The third kappa shape index (κ3) is 4.47. The molecule has 4 rings (SSSR count). The second-order valence-electron chi connectivity index (χ2n) is 6.10. The zero-order valence-corrected chi connectivity index (χ0v) is 13.8. The molecule has 3 saturated heterocycles. The van der Waals surface area contributed by atoms with E-state index < -0.39 is 0 Å². The van der Waals surface area contributed by atoms with Crippen molar-refractivity contribution in [2.75, 3.05) is 26.7 Å². The molecule has 0 aromatic heterocycles. The molecule has 3 heterocycles. The van der Waals surface area contributed by atoms with Gasteiger partial charge < -0.3 is 4.90 Å². The smallest absolute Gasteiger partial charge is 0.123 e. The molecule has 0 N–H and O–H groups in total. The van der Waals surface area contributed by atoms with E-state index in [2.05, 4.69) is 22.1 Å². The number of halogens is 1. The maximum absolute atomic E-state index is 12.8. The van der Waals surface area contributed by atoms with Crippen LogP contribution in [0.4, 0.5) is 4.39 Å². The van der Waals surface area contributed by atoms with Gasteiger partial charge in [-0.2, -0.15) is 10.2 Å². The molecule has 4 heteroatoms. The standard InChI is InChI=1S/C10H11FN2.C8H15N/c1-3-10(13-12-2)8-5-4-6-9(11)7-8;1-7-6-9-4-2-8(7)3-5-9/h3-7H,1-2H3;7-8H,2-6H2,1H3/b10-3-,13-12?;/t;7-/m.0/s1. The van der Waals surface area contributed by atoms with Crippen LogP contribution in [-0.2, 0) is 0 Å². The van der Waals surface area contributed by atoms with Crippen molar-refractivity contribution in [3.05, 3.63) is 41.7 Å². The van der Waals surface area contributed by atoms with E-state index in [1.54, 1.807) is 25.3 Å². The lowest BCUT2D eigenvalue weighted by Crippen LogP contribution is -2.46. The molecule has 3 aliphatic rings. The van der Waals surface area contributed by atoms with Crippen LogP contribution >= 0.6 is 0 Å². The Balaban J connectivity index is 0.000000170. The van der Waals surface area contributed by atoms with Gasteiger partial charge in [0.15, 0.2) is 0 Å². The van der Waals surface area contributed by atoms with Crippen LogP contribution < -0.4 is 0 Å². The van der Waals surface area contributed by atoms with Crippen molar-refractivity contribution in [3.8, 4) is 0 Å². The number of hydrogen-bond donors (Lipinski definition) is 0. The molecule has 0 spiro atoms. The molecule has 2 bridgehead atoms. The molecule has 3 aliphatic heterocycles. The fraction of sp³-hybridized carbons (Fsp3) is 0.556. The number of benzene rings is 1. The van der Waals surface area contributed by atoms with Crippen LogP contribution in [0.15, 0.2) is 40.6 Å². The van der Waals surface area contributed by atoms with Gasteiger partial charge in [0.2, 0.25) is 0 Å². The van der Waals surface area contributed by atoms with E-state index in [1.807, 2.05) is 6.92 Å². The highest BCUT2D eigenvalue weighted by atomic mass is 19.1. The van der Waals surface area contributed by atoms with Crippen molar-refractivity contribution in [2.24, 2.45) is 22.1 Å². The molecule has 120 valence electrons. The molecule has 22 heavy (non-hydrogen) atoms. The minimum absolute atomic E-state index is 0.261. The fourth-order valence-electron chi connectivity index (χ4n) is 3.30. The zero-order valence-electron chi connectivity index (χ0n) is 13.8. The zero-order chi connectivity index (χ0) is 15.9. The second kappa shape index (κ2) is 8.18. The van der Waals surface area contributed by atoms with E-state index in [0.29, 0.717) is 5.70 Å². The van der Waals surface area contributed by atoms with Gasteiger partial charge in [-0.3, -0.25) is 0 Å². The summed E-state index contributed by atoms with van der Waals surface area (Å²) < 4.78 is 12.8. The minimum Gasteiger partial charge on any atom is -0.303 e. The molecule has 0 saturated carbocycles. The van der Waals surface area contributed by atoms with Crippen molar-refractivity contribution in [1.29, 1.82) is 0 Å². The average molecular weight is 303 g/mol. The highest BCUT2D eigenvalue weighted by Gasteiger charge is 2.30. The van der Waals surface area contributed by atoms with E-state index in [0.717, 1.165) is 17.4 Å². The summed E-state index contributed by atoms with van der Waals surface area (Å²) in [5, 5.41) is 7.52. The highest BCUT2D eigenvalue weighted by Crippen LogP contribution is 2.31. The number of azo groups is 1. The Labute approximate surface area is 132 Å². The summed E-state index contributed by atoms with van der Waals surface area (Å²) in [4.78, 5) is 2.60. The summed E-state index contributed by atoms with van der Waals surface area (Å²) >= 11 is 0. The van der Waals surface area contributed by atoms with E-state index in [-0.39, 0.29) is 5.82 Å². The lowest BCUT2D eigenvalue weighted by Gasteiger charge is -2.43. The van der Waals surface area contributed by atoms with Gasteiger partial charge >= 0.3 is 0 Å². The molecule has 1 aromatic rings. The van der Waals surface area contributed by atoms with E-state index in [4.69, 9.17) is 0 Å². The van der Waals surface area contributed by atoms with Crippen molar-refractivity contribution >= 4 is 5.70 Å². The Bertz CT molecular complexity index is 531. The lowest BCUT2D eigenvalue weighted by molar-refractivity contribution is 0.0603. The van der Waals surface area contributed by atoms with Crippen LogP contribution in [0, 0.1) is 17.7 Å². The molecule has 1 atom stereocenters. The molecule has 3 fully saturated rings. The van der Waals surface area contributed by atoms with E-state index >= 15 is 0 Å². The minimum atomic E-state index is -0.261. The highest BCUT2D eigenvalue weighted by molar-refractivity contribution is 5.63. The summed E-state index contributed by atoms with van der Waals surface area (Å²) in [6.07, 6.45) is 4.74. The monoisotopic (exact) mass is 303 g/mol. The largest absolute Gasteiger partial charge is 0.303 e. The first-order valence-electron chi connectivity index (χ1n) is 8.08. The number of nitrogens with zero attached hydrogens (tertiary/aromatic N) is 3. The molecular formula is C18H26FN3. The second-order valence-corrected chi connectivity index (χ2v) is 6.10. The van der Waals surface area contributed by atoms with Gasteiger partial charge in [-0.05, 0) is 56.8 Å². The predicted molar refractivity (Wildman–Crippen MR) is 89.2 cm³/mol. The predicted octanol–water partition coefficient (Wildman–Crippen LogP) is 4.62. The van der Waals surface area contributed by atoms with Gasteiger partial charge in [-0.1, -0.05) is 25.1 Å². The summed E-state index contributed by atoms with van der Waals surface area (Å²) in [5.41, 5.74) is 1.43. The lowest BCUT2D eigenvalue weighted by atomic mass is 9.80. The quantitative estimate of drug-likeness (QED) is 0.733. The van der Waals surface area contributed by atoms with Crippen molar-refractivity contribution in [3.63, 3.8) is 0 Å². The summed E-state index contributed by atoms with van der Waals surface area (Å²) in [5.74, 6) is 1.81. The molecule has 0 radical (unpaired) electrons. The first-order chi connectivity index (χ1) is 10.6. The van der Waals surface area contributed by atoms with Gasteiger partial charge in [0.05, 0.1) is 5.70 Å². The van der Waals surface area contributed by atoms with Crippen molar-refractivity contribution in [2.45, 2.75) is 26.7 Å². The Kier molecular flexibility index (Phi) is 6.25. The third-order valence-electron chi connectivity index (χ3n) is 4.58. The maximum Gasteiger partial charge on any atom is 0.123 e. The van der Waals surface area contributed by atoms with Crippen molar-refractivity contribution < 1.29 is 4.39 Å². The Morgan fingerprint density at radius 1 is 1.32 bits per heavy atom. The SMILES string of the molecule is C/C=C(\N=NC)c1cccc(F)c1.C[C@H]1CN2CCC1CC2. The Hall–Kier alpha value is -1.55. The van der Waals surface area contributed by atoms with E-state index in [9.17, 15) is 4.39 Å². The van der Waals surface area contributed by atoms with Crippen molar-refractivity contribution in [1.82, 2.24) is 4.90 Å². The van der Waals surface area contributed by atoms with Crippen LogP contribution in [0.25, 0.3) is 5.70 Å². The number of rotatable bonds is 2. The van der Waals surface area contributed by atoms with Gasteiger partial charge in [0, 0.05) is 19.2 Å². The van der Waals surface area contributed by atoms with Gasteiger partial charge in [0.1, 0.15) is 5.82 Å². The molecule has 1 aromatic carbocycles. The molecule has 3 nitrogen and oxygen atoms in total. The van der Waals surface area contributed by atoms with E-state index in [1.165, 1.54) is 44.6 Å². The van der Waals surface area contributed by atoms with Crippen LogP contribution in [0.5, 0.6) is 0 Å². The fourth-order valence-corrected chi connectivity index (χ4v) is 3.30. The molecular weight excluding hydrogens is 277 g/mol. The molecule has 0 amide bonds. The maximum atomic E-state index is 12.8. The summed E-state index contributed by atoms with van der Waals surface area (Å²) in [6, 6.07) is 6.29. The third-order valence-corrected chi connectivity index (χ3v) is 4.58. The van der Waals surface area contributed by atoms with Crippen LogP contribution in [0.2, 0.25) is 0 Å². The number of fused-ring (bicyclic) bond motifs is 3. The van der Waals surface area contributed by atoms with Gasteiger partial charge in [0.25, 0.3) is 0 Å². The topological polar surface area (TPSA) is 28.0 Å². The Morgan fingerprint density at radius 2 is 2.05 bits per heavy atom.